The summed E-state index contributed by atoms with van der Waals surface area (Å²) in [6.07, 6.45) is 3.54. The first-order valence-corrected chi connectivity index (χ1v) is 12.2. The maximum absolute atomic E-state index is 9.76. The zero-order valence-electron chi connectivity index (χ0n) is 20.2. The Morgan fingerprint density at radius 1 is 1.03 bits per heavy atom. The smallest absolute Gasteiger partial charge is 0.229 e. The molecule has 180 valence electrons. The Kier molecular flexibility index (Phi) is 6.52. The average molecular weight is 464 g/mol. The Morgan fingerprint density at radius 2 is 1.91 bits per heavy atom. The zero-order valence-corrected chi connectivity index (χ0v) is 20.2. The van der Waals surface area contributed by atoms with Crippen LogP contribution >= 0.6 is 0 Å². The van der Waals surface area contributed by atoms with Crippen LogP contribution in [0.5, 0.6) is 5.75 Å². The summed E-state index contributed by atoms with van der Waals surface area (Å²) in [6, 6.07) is 10.5. The molecule has 2 atom stereocenters. The molecular formula is C26H33N5O3. The maximum Gasteiger partial charge on any atom is 0.229 e. The van der Waals surface area contributed by atoms with Gasteiger partial charge in [0.15, 0.2) is 5.65 Å². The van der Waals surface area contributed by atoms with Gasteiger partial charge >= 0.3 is 0 Å². The quantitative estimate of drug-likeness (QED) is 0.612. The van der Waals surface area contributed by atoms with Gasteiger partial charge in [0.05, 0.1) is 44.1 Å². The molecule has 2 aromatic heterocycles. The highest BCUT2D eigenvalue weighted by Crippen LogP contribution is 2.33. The monoisotopic (exact) mass is 463 g/mol. The van der Waals surface area contributed by atoms with Crippen molar-refractivity contribution >= 4 is 22.8 Å². The van der Waals surface area contributed by atoms with Crippen LogP contribution in [-0.2, 0) is 11.3 Å². The number of anilines is 2. The van der Waals surface area contributed by atoms with Gasteiger partial charge in [0.1, 0.15) is 11.6 Å². The van der Waals surface area contributed by atoms with Gasteiger partial charge in [-0.3, -0.25) is 0 Å². The second kappa shape index (κ2) is 9.72. The number of pyridine rings is 1. The van der Waals surface area contributed by atoms with Gasteiger partial charge in [-0.05, 0) is 63.4 Å². The molecule has 0 bridgehead atoms. The molecule has 5 rings (SSSR count). The maximum atomic E-state index is 9.76. The molecule has 0 radical (unpaired) electrons. The zero-order chi connectivity index (χ0) is 23.7. The Bertz CT molecular complexity index is 1170. The molecule has 1 N–H and O–H groups in total. The van der Waals surface area contributed by atoms with Crippen molar-refractivity contribution in [1.82, 2.24) is 15.0 Å². The van der Waals surface area contributed by atoms with Crippen molar-refractivity contribution < 1.29 is 14.6 Å². The highest BCUT2D eigenvalue weighted by atomic mass is 16.5. The summed E-state index contributed by atoms with van der Waals surface area (Å²) in [6.45, 7) is 7.45. The van der Waals surface area contributed by atoms with E-state index in [2.05, 4.69) is 29.7 Å². The highest BCUT2D eigenvalue weighted by Gasteiger charge is 2.27. The van der Waals surface area contributed by atoms with Crippen LogP contribution in [0.4, 0.5) is 11.8 Å². The van der Waals surface area contributed by atoms with Crippen molar-refractivity contribution in [2.75, 3.05) is 43.2 Å². The molecule has 0 unspecified atom stereocenters. The molecule has 2 aliphatic heterocycles. The third-order valence-electron chi connectivity index (χ3n) is 6.97. The molecule has 0 saturated carbocycles. The van der Waals surface area contributed by atoms with Crippen molar-refractivity contribution in [2.45, 2.75) is 51.8 Å². The van der Waals surface area contributed by atoms with E-state index >= 15 is 0 Å². The highest BCUT2D eigenvalue weighted by molar-refractivity contribution is 5.90. The van der Waals surface area contributed by atoms with Gasteiger partial charge in [-0.2, -0.15) is 9.97 Å². The van der Waals surface area contributed by atoms with E-state index in [1.807, 2.05) is 24.3 Å². The first kappa shape index (κ1) is 22.8. The number of fused-ring (bicyclic) bond motifs is 1. The van der Waals surface area contributed by atoms with E-state index in [-0.39, 0.29) is 12.6 Å². The van der Waals surface area contributed by atoms with Gasteiger partial charge < -0.3 is 24.4 Å². The Labute approximate surface area is 200 Å². The molecule has 8 nitrogen and oxygen atoms in total. The Balaban J connectivity index is 1.64. The number of methoxy groups -OCH3 is 1. The third kappa shape index (κ3) is 4.28. The summed E-state index contributed by atoms with van der Waals surface area (Å²) < 4.78 is 11.0. The van der Waals surface area contributed by atoms with Crippen LogP contribution in [0.15, 0.2) is 30.3 Å². The van der Waals surface area contributed by atoms with Crippen LogP contribution in [0.25, 0.3) is 22.3 Å². The Morgan fingerprint density at radius 3 is 2.68 bits per heavy atom. The van der Waals surface area contributed by atoms with Gasteiger partial charge in [0, 0.05) is 30.3 Å². The van der Waals surface area contributed by atoms with E-state index in [9.17, 15) is 5.11 Å². The van der Waals surface area contributed by atoms with E-state index in [1.165, 1.54) is 6.42 Å². The first-order chi connectivity index (χ1) is 16.6. The lowest BCUT2D eigenvalue weighted by atomic mass is 10.0. The number of aliphatic hydroxyl groups excluding tert-OH is 1. The average Bonchev–Trinajstić information content (AvgIpc) is 2.88. The van der Waals surface area contributed by atoms with E-state index in [1.54, 1.807) is 7.11 Å². The topological polar surface area (TPSA) is 83.8 Å². The number of aliphatic hydroxyl groups is 1. The van der Waals surface area contributed by atoms with Gasteiger partial charge in [0.2, 0.25) is 5.95 Å². The normalized spacial score (nSPS) is 21.2. The molecule has 4 heterocycles. The number of piperidine rings is 1. The largest absolute Gasteiger partial charge is 0.496 e. The summed E-state index contributed by atoms with van der Waals surface area (Å²) in [5.74, 6) is 2.35. The molecule has 2 saturated heterocycles. The minimum Gasteiger partial charge on any atom is -0.496 e. The van der Waals surface area contributed by atoms with Crippen molar-refractivity contribution in [3.8, 4) is 17.0 Å². The number of morpholine rings is 1. The molecule has 8 heteroatoms. The van der Waals surface area contributed by atoms with Gasteiger partial charge in [-0.1, -0.05) is 0 Å². The van der Waals surface area contributed by atoms with E-state index in [4.69, 9.17) is 24.4 Å². The van der Waals surface area contributed by atoms with Crippen molar-refractivity contribution in [1.29, 1.82) is 0 Å². The van der Waals surface area contributed by atoms with Crippen molar-refractivity contribution in [3.63, 3.8) is 0 Å². The molecule has 0 spiro atoms. The first-order valence-electron chi connectivity index (χ1n) is 12.2. The fourth-order valence-corrected chi connectivity index (χ4v) is 4.99. The number of hydrogen-bond donors (Lipinski definition) is 1. The molecule has 0 amide bonds. The second-order valence-electron chi connectivity index (χ2n) is 9.26. The Hall–Kier alpha value is -2.97. The fraction of sp³-hybridized carbons (Fsp3) is 0.500. The van der Waals surface area contributed by atoms with Crippen molar-refractivity contribution in [3.05, 3.63) is 35.9 Å². The lowest BCUT2D eigenvalue weighted by Crippen LogP contribution is -2.45. The number of nitrogens with zero attached hydrogens (tertiary/aromatic N) is 5. The van der Waals surface area contributed by atoms with Crippen LogP contribution in [-0.4, -0.2) is 65.6 Å². The molecule has 1 aromatic carbocycles. The molecule has 2 aliphatic rings. The number of rotatable bonds is 5. The SMILES string of the molecule is COc1ccc(-c2ccc3c(N4CCOC[C@@H]4C)nc(N4CCCC[C@@H]4C)nc3n2)cc1CO. The predicted molar refractivity (Wildman–Crippen MR) is 134 cm³/mol. The van der Waals surface area contributed by atoms with Crippen LogP contribution in [0.3, 0.4) is 0 Å². The minimum atomic E-state index is -0.0944. The molecule has 34 heavy (non-hydrogen) atoms. The van der Waals surface area contributed by atoms with Crippen molar-refractivity contribution in [2.24, 2.45) is 0 Å². The summed E-state index contributed by atoms with van der Waals surface area (Å²) in [7, 11) is 1.61. The van der Waals surface area contributed by atoms with Crippen LogP contribution in [0, 0.1) is 0 Å². The molecule has 2 fully saturated rings. The molecule has 3 aromatic rings. The van der Waals surface area contributed by atoms with E-state index in [0.29, 0.717) is 30.7 Å². The summed E-state index contributed by atoms with van der Waals surface area (Å²) in [5.41, 5.74) is 3.15. The number of aromatic nitrogens is 3. The van der Waals surface area contributed by atoms with Gasteiger partial charge in [-0.25, -0.2) is 4.98 Å². The summed E-state index contributed by atoms with van der Waals surface area (Å²) in [5, 5.41) is 10.7. The van der Waals surface area contributed by atoms with Gasteiger partial charge in [0.25, 0.3) is 0 Å². The van der Waals surface area contributed by atoms with Crippen LogP contribution < -0.4 is 14.5 Å². The summed E-state index contributed by atoms with van der Waals surface area (Å²) in [4.78, 5) is 19.7. The second-order valence-corrected chi connectivity index (χ2v) is 9.26. The number of benzene rings is 1. The fourth-order valence-electron chi connectivity index (χ4n) is 4.99. The van der Waals surface area contributed by atoms with Crippen LogP contribution in [0.2, 0.25) is 0 Å². The van der Waals surface area contributed by atoms with Crippen LogP contribution in [0.1, 0.15) is 38.7 Å². The lowest BCUT2D eigenvalue weighted by Gasteiger charge is -2.37. The number of ether oxygens (including phenoxy) is 2. The number of hydrogen-bond acceptors (Lipinski definition) is 8. The predicted octanol–water partition coefficient (Wildman–Crippen LogP) is 3.80. The molecule has 0 aliphatic carbocycles. The standard InChI is InChI=1S/C26H33N5O3/c1-17-6-4-5-11-31(17)26-28-24-21(25(29-26)30-12-13-34-16-18(30)2)8-9-22(27-24)19-7-10-23(33-3)20(14-19)15-32/h7-10,14,17-18,32H,4-6,11-13,15-16H2,1-3H3/t17-,18-/m0/s1. The minimum absolute atomic E-state index is 0.0944. The van der Waals surface area contributed by atoms with E-state index in [0.717, 1.165) is 59.9 Å². The lowest BCUT2D eigenvalue weighted by molar-refractivity contribution is 0.0987. The van der Waals surface area contributed by atoms with Gasteiger partial charge in [-0.15, -0.1) is 0 Å². The third-order valence-corrected chi connectivity index (χ3v) is 6.97. The molecular weight excluding hydrogens is 430 g/mol. The summed E-state index contributed by atoms with van der Waals surface area (Å²) >= 11 is 0. The van der Waals surface area contributed by atoms with E-state index < -0.39 is 0 Å².